The lowest BCUT2D eigenvalue weighted by molar-refractivity contribution is 0.0709. The van der Waals surface area contributed by atoms with Crippen molar-refractivity contribution < 1.29 is 9.53 Å². The number of aryl methyl sites for hydroxylation is 1. The summed E-state index contributed by atoms with van der Waals surface area (Å²) in [6.07, 6.45) is 5.05. The van der Waals surface area contributed by atoms with Gasteiger partial charge in [-0.3, -0.25) is 14.2 Å². The fourth-order valence-electron chi connectivity index (χ4n) is 5.11. The minimum Gasteiger partial charge on any atom is -0.485 e. The molecule has 0 radical (unpaired) electrons. The lowest BCUT2D eigenvalue weighted by Crippen LogP contribution is -2.46. The Morgan fingerprint density at radius 1 is 1.15 bits per heavy atom. The number of carbonyl (C=O) groups excluding carboxylic acids is 1. The number of carbonyl (C=O) groups is 1. The number of hydrogen-bond acceptors (Lipinski definition) is 5. The molecule has 2 aromatic carbocycles. The van der Waals surface area contributed by atoms with Crippen molar-refractivity contribution in [2.45, 2.75) is 51.7 Å². The van der Waals surface area contributed by atoms with Crippen LogP contribution in [-0.4, -0.2) is 53.1 Å². The maximum Gasteiger partial charge on any atom is 0.261 e. The standard InChI is InChI=1S/C27H32N4O3/c1-3-30-18-20(34-24-11-8-7-10-23(24)30)17-29(2)26(32)19-13-14-21-22(16-19)28-25-12-6-4-5-9-15-31(25)27(21)33/h7-8,10-11,13-14,16,20H,3-6,9,12,15,17-18H2,1-2H3. The van der Waals surface area contributed by atoms with Gasteiger partial charge in [0, 0.05) is 32.1 Å². The molecular formula is C27H32N4O3. The highest BCUT2D eigenvalue weighted by atomic mass is 16.5. The third kappa shape index (κ3) is 4.27. The number of benzene rings is 2. The second-order valence-corrected chi connectivity index (χ2v) is 9.31. The molecule has 0 N–H and O–H groups in total. The monoisotopic (exact) mass is 460 g/mol. The van der Waals surface area contributed by atoms with Crippen LogP contribution in [0.4, 0.5) is 5.69 Å². The summed E-state index contributed by atoms with van der Waals surface area (Å²) in [6, 6.07) is 13.3. The van der Waals surface area contributed by atoms with Crippen molar-refractivity contribution in [3.05, 3.63) is 64.2 Å². The lowest BCUT2D eigenvalue weighted by Gasteiger charge is -2.37. The molecule has 3 heterocycles. The zero-order chi connectivity index (χ0) is 23.7. The van der Waals surface area contributed by atoms with Gasteiger partial charge in [-0.05, 0) is 50.1 Å². The minimum atomic E-state index is -0.119. The largest absolute Gasteiger partial charge is 0.485 e. The number of amides is 1. The molecule has 34 heavy (non-hydrogen) atoms. The molecule has 0 fully saturated rings. The Morgan fingerprint density at radius 2 is 1.97 bits per heavy atom. The fourth-order valence-corrected chi connectivity index (χ4v) is 5.11. The number of ether oxygens (including phenoxy) is 1. The number of rotatable bonds is 4. The Balaban J connectivity index is 1.37. The molecule has 0 saturated carbocycles. The van der Waals surface area contributed by atoms with Crippen LogP contribution in [0.5, 0.6) is 5.75 Å². The Morgan fingerprint density at radius 3 is 2.82 bits per heavy atom. The number of para-hydroxylation sites is 2. The molecule has 5 rings (SSSR count). The average molecular weight is 461 g/mol. The minimum absolute atomic E-state index is 0.00295. The van der Waals surface area contributed by atoms with E-state index in [0.29, 0.717) is 23.0 Å². The summed E-state index contributed by atoms with van der Waals surface area (Å²) >= 11 is 0. The second-order valence-electron chi connectivity index (χ2n) is 9.31. The zero-order valence-corrected chi connectivity index (χ0v) is 20.0. The van der Waals surface area contributed by atoms with Gasteiger partial charge < -0.3 is 14.5 Å². The van der Waals surface area contributed by atoms with E-state index in [1.165, 1.54) is 6.42 Å². The van der Waals surface area contributed by atoms with Crippen LogP contribution in [0.25, 0.3) is 10.9 Å². The van der Waals surface area contributed by atoms with Crippen LogP contribution >= 0.6 is 0 Å². The van der Waals surface area contributed by atoms with E-state index in [1.54, 1.807) is 30.1 Å². The van der Waals surface area contributed by atoms with Crippen LogP contribution in [0.3, 0.4) is 0 Å². The molecule has 1 aromatic heterocycles. The van der Waals surface area contributed by atoms with Crippen molar-refractivity contribution in [3.63, 3.8) is 0 Å². The number of anilines is 1. The van der Waals surface area contributed by atoms with Crippen molar-refractivity contribution in [1.82, 2.24) is 14.5 Å². The first-order valence-electron chi connectivity index (χ1n) is 12.3. The van der Waals surface area contributed by atoms with Crippen molar-refractivity contribution >= 4 is 22.5 Å². The highest BCUT2D eigenvalue weighted by Gasteiger charge is 2.27. The molecule has 0 aliphatic carbocycles. The highest BCUT2D eigenvalue weighted by Crippen LogP contribution is 2.33. The van der Waals surface area contributed by atoms with Crippen LogP contribution in [0.15, 0.2) is 47.3 Å². The van der Waals surface area contributed by atoms with E-state index in [9.17, 15) is 9.59 Å². The van der Waals surface area contributed by atoms with Crippen LogP contribution in [0.1, 0.15) is 48.8 Å². The molecule has 1 unspecified atom stereocenters. The van der Waals surface area contributed by atoms with Gasteiger partial charge in [-0.1, -0.05) is 25.0 Å². The van der Waals surface area contributed by atoms with E-state index in [4.69, 9.17) is 9.72 Å². The van der Waals surface area contributed by atoms with Crippen LogP contribution in [0, 0.1) is 0 Å². The van der Waals surface area contributed by atoms with Gasteiger partial charge in [0.25, 0.3) is 11.5 Å². The van der Waals surface area contributed by atoms with Crippen molar-refractivity contribution in [2.75, 3.05) is 31.6 Å². The van der Waals surface area contributed by atoms with E-state index in [2.05, 4.69) is 17.9 Å². The third-order valence-corrected chi connectivity index (χ3v) is 6.94. The Kier molecular flexibility index (Phi) is 6.26. The van der Waals surface area contributed by atoms with E-state index in [0.717, 1.165) is 62.6 Å². The molecule has 0 bridgehead atoms. The smallest absolute Gasteiger partial charge is 0.261 e. The zero-order valence-electron chi connectivity index (χ0n) is 20.0. The quantitative estimate of drug-likeness (QED) is 0.591. The predicted octanol–water partition coefficient (Wildman–Crippen LogP) is 3.87. The fraction of sp³-hybridized carbons (Fsp3) is 0.444. The van der Waals surface area contributed by atoms with E-state index in [-0.39, 0.29) is 17.6 Å². The normalized spacial score (nSPS) is 17.8. The molecule has 7 nitrogen and oxygen atoms in total. The number of nitrogens with zero attached hydrogens (tertiary/aromatic N) is 4. The van der Waals surface area contributed by atoms with E-state index < -0.39 is 0 Å². The average Bonchev–Trinajstić information content (AvgIpc) is 2.84. The summed E-state index contributed by atoms with van der Waals surface area (Å²) in [7, 11) is 1.80. The predicted molar refractivity (Wildman–Crippen MR) is 134 cm³/mol. The Labute approximate surface area is 200 Å². The first kappa shape index (κ1) is 22.4. The van der Waals surface area contributed by atoms with Gasteiger partial charge in [-0.25, -0.2) is 4.98 Å². The molecule has 1 atom stereocenters. The summed E-state index contributed by atoms with van der Waals surface area (Å²) in [4.78, 5) is 35.1. The van der Waals surface area contributed by atoms with Crippen LogP contribution in [0.2, 0.25) is 0 Å². The summed E-state index contributed by atoms with van der Waals surface area (Å²) in [5.41, 5.74) is 2.25. The number of hydrogen-bond donors (Lipinski definition) is 0. The maximum absolute atomic E-state index is 13.3. The molecular weight excluding hydrogens is 428 g/mol. The van der Waals surface area contributed by atoms with Crippen LogP contribution in [-0.2, 0) is 13.0 Å². The van der Waals surface area contributed by atoms with Crippen molar-refractivity contribution in [1.29, 1.82) is 0 Å². The third-order valence-electron chi connectivity index (χ3n) is 6.94. The molecule has 0 saturated heterocycles. The van der Waals surface area contributed by atoms with Gasteiger partial charge >= 0.3 is 0 Å². The molecule has 2 aliphatic heterocycles. The Bertz CT molecular complexity index is 1270. The summed E-state index contributed by atoms with van der Waals surface area (Å²) < 4.78 is 8.03. The SMILES string of the molecule is CCN1CC(CN(C)C(=O)c2ccc3c(=O)n4c(nc3c2)CCCCCC4)Oc2ccccc21. The van der Waals surface area contributed by atoms with Gasteiger partial charge in [0.15, 0.2) is 0 Å². The van der Waals surface area contributed by atoms with Crippen molar-refractivity contribution in [2.24, 2.45) is 0 Å². The second kappa shape index (κ2) is 9.49. The lowest BCUT2D eigenvalue weighted by atomic mass is 10.1. The van der Waals surface area contributed by atoms with Crippen LogP contribution < -0.4 is 15.2 Å². The summed E-state index contributed by atoms with van der Waals surface area (Å²) in [5.74, 6) is 1.60. The summed E-state index contributed by atoms with van der Waals surface area (Å²) in [6.45, 7) is 4.93. The molecule has 1 amide bonds. The van der Waals surface area contributed by atoms with Gasteiger partial charge in [-0.15, -0.1) is 0 Å². The first-order chi connectivity index (χ1) is 16.5. The first-order valence-corrected chi connectivity index (χ1v) is 12.3. The molecule has 2 aliphatic rings. The van der Waals surface area contributed by atoms with E-state index in [1.807, 2.05) is 22.8 Å². The van der Waals surface area contributed by atoms with Crippen molar-refractivity contribution in [3.8, 4) is 5.75 Å². The molecule has 0 spiro atoms. The molecule has 3 aromatic rings. The maximum atomic E-state index is 13.3. The number of aromatic nitrogens is 2. The topological polar surface area (TPSA) is 67.7 Å². The molecule has 7 heteroatoms. The number of fused-ring (bicyclic) bond motifs is 3. The molecule has 178 valence electrons. The number of likely N-dealkylation sites (N-methyl/N-ethyl adjacent to an activating group) is 2. The van der Waals surface area contributed by atoms with Gasteiger partial charge in [0.1, 0.15) is 17.7 Å². The van der Waals surface area contributed by atoms with E-state index >= 15 is 0 Å². The summed E-state index contributed by atoms with van der Waals surface area (Å²) in [5, 5.41) is 0.578. The Hall–Kier alpha value is -3.35. The van der Waals surface area contributed by atoms with Gasteiger partial charge in [-0.2, -0.15) is 0 Å². The van der Waals surface area contributed by atoms with Gasteiger partial charge in [0.2, 0.25) is 0 Å². The highest BCUT2D eigenvalue weighted by molar-refractivity contribution is 5.97. The van der Waals surface area contributed by atoms with Gasteiger partial charge in [0.05, 0.1) is 29.7 Å².